The third kappa shape index (κ3) is 9.40. The molecule has 4 heteroatoms. The number of rotatable bonds is 2. The van der Waals surface area contributed by atoms with Gasteiger partial charge in [0.15, 0.2) is 0 Å². The van der Waals surface area contributed by atoms with Crippen molar-refractivity contribution >= 4 is 6.79 Å². The van der Waals surface area contributed by atoms with Crippen LogP contribution >= 0.6 is 0 Å². The molecule has 0 aliphatic heterocycles. The van der Waals surface area contributed by atoms with Crippen molar-refractivity contribution in [1.82, 2.24) is 0 Å². The van der Waals surface area contributed by atoms with E-state index in [-0.39, 0.29) is 16.9 Å². The Bertz CT molecular complexity index is 608. The first kappa shape index (κ1) is 22.5. The molecule has 0 heterocycles. The van der Waals surface area contributed by atoms with E-state index in [0.29, 0.717) is 11.2 Å². The molecule has 4 nitrogen and oxygen atoms in total. The smallest absolute Gasteiger partial charge is 0.119 e. The van der Waals surface area contributed by atoms with Crippen LogP contribution in [0.2, 0.25) is 0 Å². The molecule has 25 heavy (non-hydrogen) atoms. The standard InChI is InChI=1S/C14H22O.C6H6O2.CH2O/c1-13(2,3)10-14(4,5)11-6-8-12(15)9-7-11;7-5-2-1-3-6(8)4-5;1-2/h6-9,15H,10H2,1-5H3;1-4,7-8H;1H2. The van der Waals surface area contributed by atoms with E-state index in [4.69, 9.17) is 15.0 Å². The molecular formula is C21H30O4. The largest absolute Gasteiger partial charge is 0.508 e. The Morgan fingerprint density at radius 2 is 1.20 bits per heavy atom. The number of phenols is 3. The highest BCUT2D eigenvalue weighted by Gasteiger charge is 2.26. The van der Waals surface area contributed by atoms with Crippen LogP contribution in [0.1, 0.15) is 46.6 Å². The summed E-state index contributed by atoms with van der Waals surface area (Å²) in [6.07, 6.45) is 1.13. The Kier molecular flexibility index (Phi) is 8.75. The molecule has 0 amide bonds. The lowest BCUT2D eigenvalue weighted by molar-refractivity contribution is -0.0980. The molecule has 0 saturated heterocycles. The number of aromatic hydroxyl groups is 3. The Morgan fingerprint density at radius 1 is 0.760 bits per heavy atom. The van der Waals surface area contributed by atoms with Crippen molar-refractivity contribution in [1.29, 1.82) is 0 Å². The van der Waals surface area contributed by atoms with E-state index in [0.717, 1.165) is 6.42 Å². The van der Waals surface area contributed by atoms with Crippen LogP contribution in [0.25, 0.3) is 0 Å². The first-order valence-electron chi connectivity index (χ1n) is 8.06. The van der Waals surface area contributed by atoms with Crippen LogP contribution in [0.5, 0.6) is 17.2 Å². The highest BCUT2D eigenvalue weighted by atomic mass is 16.3. The minimum Gasteiger partial charge on any atom is -0.508 e. The molecule has 0 bridgehead atoms. The monoisotopic (exact) mass is 346 g/mol. The SMILES string of the molecule is C=O.CC(C)(C)CC(C)(C)c1ccc(O)cc1.Oc1cccc(O)c1. The number of benzene rings is 2. The fraction of sp³-hybridized carbons (Fsp3) is 0.381. The second-order valence-corrected chi connectivity index (χ2v) is 7.69. The van der Waals surface area contributed by atoms with E-state index < -0.39 is 0 Å². The van der Waals surface area contributed by atoms with Gasteiger partial charge in [0, 0.05) is 6.07 Å². The van der Waals surface area contributed by atoms with Crippen LogP contribution in [0, 0.1) is 5.41 Å². The van der Waals surface area contributed by atoms with Crippen molar-refractivity contribution in [2.45, 2.75) is 46.5 Å². The van der Waals surface area contributed by atoms with Gasteiger partial charge < -0.3 is 20.1 Å². The summed E-state index contributed by atoms with van der Waals surface area (Å²) in [5, 5.41) is 26.6. The number of carbonyl (C=O) groups excluding carboxylic acids is 1. The van der Waals surface area contributed by atoms with E-state index in [9.17, 15) is 5.11 Å². The molecule has 2 aromatic rings. The molecular weight excluding hydrogens is 316 g/mol. The molecule has 2 aromatic carbocycles. The zero-order valence-corrected chi connectivity index (χ0v) is 15.8. The molecule has 0 saturated carbocycles. The molecule has 0 radical (unpaired) electrons. The first-order chi connectivity index (χ1) is 11.5. The summed E-state index contributed by atoms with van der Waals surface area (Å²) in [7, 11) is 0. The van der Waals surface area contributed by atoms with E-state index in [1.165, 1.54) is 23.8 Å². The predicted octanol–water partition coefficient (Wildman–Crippen LogP) is 5.02. The Labute approximate surface area is 150 Å². The minimum absolute atomic E-state index is 0.0880. The number of phenolic OH excluding ortho intramolecular Hbond substituents is 3. The molecule has 2 rings (SSSR count). The van der Waals surface area contributed by atoms with Crippen molar-refractivity contribution in [2.24, 2.45) is 5.41 Å². The van der Waals surface area contributed by atoms with Crippen LogP contribution in [-0.2, 0) is 10.2 Å². The zero-order chi connectivity index (χ0) is 19.7. The van der Waals surface area contributed by atoms with Crippen LogP contribution in [0.3, 0.4) is 0 Å². The molecule has 138 valence electrons. The summed E-state index contributed by atoms with van der Waals surface area (Å²) in [5.74, 6) is 0.514. The number of carbonyl (C=O) groups is 1. The summed E-state index contributed by atoms with van der Waals surface area (Å²) in [5.41, 5.74) is 1.77. The third-order valence-electron chi connectivity index (χ3n) is 3.45. The van der Waals surface area contributed by atoms with E-state index in [1.54, 1.807) is 18.2 Å². The summed E-state index contributed by atoms with van der Waals surface area (Å²) in [4.78, 5) is 8.00. The Hall–Kier alpha value is -2.49. The number of hydrogen-bond acceptors (Lipinski definition) is 4. The minimum atomic E-state index is 0.0880. The molecule has 0 atom stereocenters. The normalized spacial score (nSPS) is 10.8. The van der Waals surface area contributed by atoms with Gasteiger partial charge in [-0.3, -0.25) is 0 Å². The first-order valence-corrected chi connectivity index (χ1v) is 8.06. The molecule has 0 aliphatic carbocycles. The lowest BCUT2D eigenvalue weighted by atomic mass is 9.72. The molecule has 0 aliphatic rings. The van der Waals surface area contributed by atoms with Crippen LogP contribution < -0.4 is 0 Å². The topological polar surface area (TPSA) is 77.8 Å². The van der Waals surface area contributed by atoms with Gasteiger partial charge in [-0.2, -0.15) is 0 Å². The van der Waals surface area contributed by atoms with E-state index in [1.807, 2.05) is 18.9 Å². The highest BCUT2D eigenvalue weighted by molar-refractivity contribution is 5.31. The zero-order valence-electron chi connectivity index (χ0n) is 15.8. The average Bonchev–Trinajstić information content (AvgIpc) is 2.47. The van der Waals surface area contributed by atoms with Crippen molar-refractivity contribution in [3.05, 3.63) is 54.1 Å². The maximum absolute atomic E-state index is 9.25. The van der Waals surface area contributed by atoms with Crippen molar-refractivity contribution < 1.29 is 20.1 Å². The highest BCUT2D eigenvalue weighted by Crippen LogP contribution is 2.36. The van der Waals surface area contributed by atoms with E-state index >= 15 is 0 Å². The molecule has 0 spiro atoms. The Balaban J connectivity index is 0.000000483. The predicted molar refractivity (Wildman–Crippen MR) is 102 cm³/mol. The molecule has 3 N–H and O–H groups in total. The Morgan fingerprint density at radius 3 is 1.52 bits per heavy atom. The van der Waals surface area contributed by atoms with Crippen molar-refractivity contribution in [2.75, 3.05) is 0 Å². The van der Waals surface area contributed by atoms with Crippen molar-refractivity contribution in [3.63, 3.8) is 0 Å². The van der Waals surface area contributed by atoms with Gasteiger partial charge in [-0.1, -0.05) is 52.8 Å². The summed E-state index contributed by atoms with van der Waals surface area (Å²) >= 11 is 0. The second-order valence-electron chi connectivity index (χ2n) is 7.69. The van der Waals surface area contributed by atoms with Crippen LogP contribution in [-0.4, -0.2) is 22.1 Å². The fourth-order valence-corrected chi connectivity index (χ4v) is 2.83. The summed E-state index contributed by atoms with van der Waals surface area (Å²) in [6, 6.07) is 13.4. The van der Waals surface area contributed by atoms with Crippen LogP contribution in [0.4, 0.5) is 0 Å². The van der Waals surface area contributed by atoms with E-state index in [2.05, 4.69) is 34.6 Å². The van der Waals surface area contributed by atoms with Crippen molar-refractivity contribution in [3.8, 4) is 17.2 Å². The summed E-state index contributed by atoms with van der Waals surface area (Å²) < 4.78 is 0. The van der Waals surface area contributed by atoms with Gasteiger partial charge in [0.2, 0.25) is 0 Å². The molecule has 0 aromatic heterocycles. The maximum atomic E-state index is 9.25. The maximum Gasteiger partial charge on any atom is 0.119 e. The average molecular weight is 346 g/mol. The fourth-order valence-electron chi connectivity index (χ4n) is 2.83. The lowest BCUT2D eigenvalue weighted by Crippen LogP contribution is -2.24. The van der Waals surface area contributed by atoms with Gasteiger partial charge in [-0.25, -0.2) is 0 Å². The van der Waals surface area contributed by atoms with Gasteiger partial charge in [0.1, 0.15) is 24.0 Å². The van der Waals surface area contributed by atoms with Gasteiger partial charge in [0.05, 0.1) is 0 Å². The molecule has 0 unspecified atom stereocenters. The second kappa shape index (κ2) is 9.72. The van der Waals surface area contributed by atoms with Gasteiger partial charge in [-0.15, -0.1) is 0 Å². The lowest BCUT2D eigenvalue weighted by Gasteiger charge is -2.33. The van der Waals surface area contributed by atoms with Gasteiger partial charge in [-0.05, 0) is 47.1 Å². The quantitative estimate of drug-likeness (QED) is 0.713. The third-order valence-corrected chi connectivity index (χ3v) is 3.45. The number of hydrogen-bond donors (Lipinski definition) is 3. The van der Waals surface area contributed by atoms with Gasteiger partial charge in [0.25, 0.3) is 0 Å². The summed E-state index contributed by atoms with van der Waals surface area (Å²) in [6.45, 7) is 13.3. The van der Waals surface area contributed by atoms with Crippen LogP contribution in [0.15, 0.2) is 48.5 Å². The molecule has 0 fully saturated rings. The van der Waals surface area contributed by atoms with Gasteiger partial charge >= 0.3 is 0 Å².